The molecule has 2 aromatic rings. The van der Waals surface area contributed by atoms with Gasteiger partial charge in [0.05, 0.1) is 7.11 Å². The zero-order valence-corrected chi connectivity index (χ0v) is 19.3. The van der Waals surface area contributed by atoms with E-state index in [-0.39, 0.29) is 17.7 Å². The Bertz CT molecular complexity index is 916. The molecule has 2 aromatic carbocycles. The van der Waals surface area contributed by atoms with Gasteiger partial charge >= 0.3 is 0 Å². The molecule has 0 atom stereocenters. The van der Waals surface area contributed by atoms with Crippen LogP contribution in [0.2, 0.25) is 5.02 Å². The summed E-state index contributed by atoms with van der Waals surface area (Å²) in [4.78, 5) is 32.0. The Morgan fingerprint density at radius 3 is 2.09 bits per heavy atom. The summed E-state index contributed by atoms with van der Waals surface area (Å²) >= 11 is 5.92. The molecular weight excluding hydrogens is 426 g/mol. The van der Waals surface area contributed by atoms with Gasteiger partial charge in [0, 0.05) is 62.3 Å². The molecule has 2 heterocycles. The summed E-state index contributed by atoms with van der Waals surface area (Å²) in [7, 11) is 1.67. The van der Waals surface area contributed by atoms with Crippen LogP contribution in [0.1, 0.15) is 28.8 Å². The van der Waals surface area contributed by atoms with Gasteiger partial charge in [-0.1, -0.05) is 23.7 Å². The predicted octanol–water partition coefficient (Wildman–Crippen LogP) is 3.55. The lowest BCUT2D eigenvalue weighted by Gasteiger charge is -2.38. The topological polar surface area (TPSA) is 53.1 Å². The number of carbonyl (C=O) groups is 2. The predicted molar refractivity (Wildman–Crippen MR) is 125 cm³/mol. The van der Waals surface area contributed by atoms with Crippen molar-refractivity contribution in [2.24, 2.45) is 5.92 Å². The maximum atomic E-state index is 13.0. The Kier molecular flexibility index (Phi) is 7.33. The molecule has 4 rings (SSSR count). The van der Waals surface area contributed by atoms with Crippen LogP contribution in [0.5, 0.6) is 5.75 Å². The standard InChI is InChI=1S/C25H30ClN3O3/c1-32-23-8-2-19(3-9-23)18-27-14-16-29(17-15-27)25(31)21-10-12-28(13-11-21)24(30)20-4-6-22(26)7-5-20/h2-9,21H,10-18H2,1H3. The number of hydrogen-bond acceptors (Lipinski definition) is 4. The highest BCUT2D eigenvalue weighted by Gasteiger charge is 2.32. The van der Waals surface area contributed by atoms with Gasteiger partial charge in [0.1, 0.15) is 5.75 Å². The maximum absolute atomic E-state index is 13.0. The van der Waals surface area contributed by atoms with Crippen LogP contribution in [-0.2, 0) is 11.3 Å². The van der Waals surface area contributed by atoms with Gasteiger partial charge in [0.15, 0.2) is 0 Å². The van der Waals surface area contributed by atoms with Crippen molar-refractivity contribution >= 4 is 23.4 Å². The molecule has 0 spiro atoms. The van der Waals surface area contributed by atoms with Crippen molar-refractivity contribution < 1.29 is 14.3 Å². The molecule has 170 valence electrons. The van der Waals surface area contributed by atoms with E-state index >= 15 is 0 Å². The number of ether oxygens (including phenoxy) is 1. The molecule has 2 fully saturated rings. The molecule has 0 radical (unpaired) electrons. The fraction of sp³-hybridized carbons (Fsp3) is 0.440. The average Bonchev–Trinajstić information content (AvgIpc) is 2.85. The van der Waals surface area contributed by atoms with Crippen molar-refractivity contribution in [2.45, 2.75) is 19.4 Å². The Morgan fingerprint density at radius 2 is 1.50 bits per heavy atom. The number of amides is 2. The first-order chi connectivity index (χ1) is 15.5. The lowest BCUT2D eigenvalue weighted by molar-refractivity contribution is -0.138. The lowest BCUT2D eigenvalue weighted by atomic mass is 9.94. The third-order valence-electron chi connectivity index (χ3n) is 6.47. The third-order valence-corrected chi connectivity index (χ3v) is 6.72. The van der Waals surface area contributed by atoms with Crippen LogP contribution in [0, 0.1) is 5.92 Å². The van der Waals surface area contributed by atoms with Crippen LogP contribution >= 0.6 is 11.6 Å². The van der Waals surface area contributed by atoms with Gasteiger partial charge in [-0.05, 0) is 54.8 Å². The summed E-state index contributed by atoms with van der Waals surface area (Å²) in [5.41, 5.74) is 1.90. The number of rotatable bonds is 5. The summed E-state index contributed by atoms with van der Waals surface area (Å²) in [5.74, 6) is 1.13. The van der Waals surface area contributed by atoms with Crippen LogP contribution in [-0.4, -0.2) is 72.9 Å². The molecule has 6 nitrogen and oxygen atoms in total. The molecule has 2 saturated heterocycles. The maximum Gasteiger partial charge on any atom is 0.253 e. The highest BCUT2D eigenvalue weighted by atomic mass is 35.5. The third kappa shape index (κ3) is 5.43. The highest BCUT2D eigenvalue weighted by Crippen LogP contribution is 2.23. The van der Waals surface area contributed by atoms with Crippen molar-refractivity contribution in [1.29, 1.82) is 0 Å². The van der Waals surface area contributed by atoms with Gasteiger partial charge < -0.3 is 14.5 Å². The summed E-state index contributed by atoms with van der Waals surface area (Å²) in [6.07, 6.45) is 1.45. The molecule has 0 saturated carbocycles. The normalized spacial score (nSPS) is 17.9. The number of carbonyl (C=O) groups excluding carboxylic acids is 2. The first-order valence-corrected chi connectivity index (χ1v) is 11.6. The number of benzene rings is 2. The average molecular weight is 456 g/mol. The molecule has 2 aliphatic heterocycles. The summed E-state index contributed by atoms with van der Waals surface area (Å²) in [6.45, 7) is 5.41. The van der Waals surface area contributed by atoms with E-state index in [9.17, 15) is 9.59 Å². The van der Waals surface area contributed by atoms with E-state index in [0.29, 0.717) is 23.7 Å². The zero-order valence-electron chi connectivity index (χ0n) is 18.5. The fourth-order valence-electron chi connectivity index (χ4n) is 4.48. The van der Waals surface area contributed by atoms with Crippen molar-refractivity contribution in [3.63, 3.8) is 0 Å². The highest BCUT2D eigenvalue weighted by molar-refractivity contribution is 6.30. The Labute approximate surface area is 194 Å². The smallest absolute Gasteiger partial charge is 0.253 e. The van der Waals surface area contributed by atoms with Gasteiger partial charge in [-0.2, -0.15) is 0 Å². The zero-order chi connectivity index (χ0) is 22.5. The van der Waals surface area contributed by atoms with Crippen molar-refractivity contribution in [3.8, 4) is 5.75 Å². The van der Waals surface area contributed by atoms with E-state index in [1.54, 1.807) is 31.4 Å². The molecule has 0 N–H and O–H groups in total. The largest absolute Gasteiger partial charge is 0.497 e. The van der Waals surface area contributed by atoms with E-state index in [4.69, 9.17) is 16.3 Å². The number of hydrogen-bond donors (Lipinski definition) is 0. The van der Waals surface area contributed by atoms with Gasteiger partial charge in [0.2, 0.25) is 5.91 Å². The van der Waals surface area contributed by atoms with Crippen LogP contribution in [0.15, 0.2) is 48.5 Å². The van der Waals surface area contributed by atoms with Crippen LogP contribution in [0.4, 0.5) is 0 Å². The summed E-state index contributed by atoms with van der Waals surface area (Å²) < 4.78 is 5.22. The van der Waals surface area contributed by atoms with Crippen LogP contribution in [0.3, 0.4) is 0 Å². The number of methoxy groups -OCH3 is 1. The Hall–Kier alpha value is -2.57. The molecule has 32 heavy (non-hydrogen) atoms. The second-order valence-corrected chi connectivity index (χ2v) is 8.96. The van der Waals surface area contributed by atoms with E-state index in [2.05, 4.69) is 17.0 Å². The molecule has 0 aliphatic carbocycles. The minimum absolute atomic E-state index is 0.0115. The first-order valence-electron chi connectivity index (χ1n) is 11.2. The van der Waals surface area contributed by atoms with E-state index in [1.165, 1.54) is 5.56 Å². The number of piperidine rings is 1. The second kappa shape index (κ2) is 10.4. The molecule has 0 aromatic heterocycles. The number of piperazine rings is 1. The van der Waals surface area contributed by atoms with Gasteiger partial charge in [-0.25, -0.2) is 0 Å². The summed E-state index contributed by atoms with van der Waals surface area (Å²) in [5, 5.41) is 0.620. The Morgan fingerprint density at radius 1 is 0.875 bits per heavy atom. The molecule has 2 aliphatic rings. The first kappa shape index (κ1) is 22.6. The van der Waals surface area contributed by atoms with Crippen LogP contribution < -0.4 is 4.74 Å². The van der Waals surface area contributed by atoms with Gasteiger partial charge in [-0.3, -0.25) is 14.5 Å². The lowest BCUT2D eigenvalue weighted by Crippen LogP contribution is -2.51. The van der Waals surface area contributed by atoms with Gasteiger partial charge in [-0.15, -0.1) is 0 Å². The van der Waals surface area contributed by atoms with E-state index in [1.807, 2.05) is 21.9 Å². The second-order valence-electron chi connectivity index (χ2n) is 8.52. The van der Waals surface area contributed by atoms with Crippen molar-refractivity contribution in [3.05, 3.63) is 64.7 Å². The van der Waals surface area contributed by atoms with E-state index in [0.717, 1.165) is 51.3 Å². The molecule has 2 amide bonds. The van der Waals surface area contributed by atoms with Gasteiger partial charge in [0.25, 0.3) is 5.91 Å². The monoisotopic (exact) mass is 455 g/mol. The number of nitrogens with zero attached hydrogens (tertiary/aromatic N) is 3. The minimum Gasteiger partial charge on any atom is -0.497 e. The van der Waals surface area contributed by atoms with Crippen molar-refractivity contribution in [1.82, 2.24) is 14.7 Å². The SMILES string of the molecule is COc1ccc(CN2CCN(C(=O)C3CCN(C(=O)c4ccc(Cl)cc4)CC3)CC2)cc1. The molecular formula is C25H30ClN3O3. The minimum atomic E-state index is 0.0115. The number of halogens is 1. The fourth-order valence-corrected chi connectivity index (χ4v) is 4.60. The molecule has 0 bridgehead atoms. The Balaban J connectivity index is 1.22. The van der Waals surface area contributed by atoms with Crippen molar-refractivity contribution in [2.75, 3.05) is 46.4 Å². The quantitative estimate of drug-likeness (QED) is 0.692. The summed E-state index contributed by atoms with van der Waals surface area (Å²) in [6, 6.07) is 15.1. The van der Waals surface area contributed by atoms with Crippen LogP contribution in [0.25, 0.3) is 0 Å². The molecule has 7 heteroatoms. The van der Waals surface area contributed by atoms with E-state index < -0.39 is 0 Å². The number of likely N-dealkylation sites (tertiary alicyclic amines) is 1. The molecule has 0 unspecified atom stereocenters.